The van der Waals surface area contributed by atoms with E-state index in [1.165, 1.54) is 6.08 Å². The monoisotopic (exact) mass is 212 g/mol. The molecule has 0 unspecified atom stereocenters. The number of hydrogen-bond donors (Lipinski definition) is 1. The van der Waals surface area contributed by atoms with Crippen LogP contribution in [0.5, 0.6) is 0 Å². The van der Waals surface area contributed by atoms with Crippen LogP contribution in [-0.2, 0) is 4.74 Å². The number of carbonyl (C=O) groups excluding carboxylic acids is 1. The summed E-state index contributed by atoms with van der Waals surface area (Å²) in [6.07, 6.45) is 0.930. The highest BCUT2D eigenvalue weighted by atomic mass is 16.6. The molecule has 0 bridgehead atoms. The lowest BCUT2D eigenvalue weighted by Crippen LogP contribution is -2.39. The summed E-state index contributed by atoms with van der Waals surface area (Å²) in [6.45, 7) is 8.93. The standard InChI is InChI=1S/C9H16N4O2/c1-5-7(6-11-13-10)12-8(14)15-9(2,3)4/h5,7H,1,6H2,2-4H3,(H,12,14)/t7-/m0/s1. The minimum absolute atomic E-state index is 0.124. The zero-order valence-corrected chi connectivity index (χ0v) is 9.23. The van der Waals surface area contributed by atoms with Crippen molar-refractivity contribution in [1.29, 1.82) is 0 Å². The van der Waals surface area contributed by atoms with Crippen LogP contribution in [0.4, 0.5) is 4.79 Å². The summed E-state index contributed by atoms with van der Waals surface area (Å²) in [4.78, 5) is 13.9. The topological polar surface area (TPSA) is 87.1 Å². The van der Waals surface area contributed by atoms with Crippen LogP contribution in [0.15, 0.2) is 17.8 Å². The molecule has 0 aromatic rings. The Bertz CT molecular complexity index is 276. The quantitative estimate of drug-likeness (QED) is 0.335. The van der Waals surface area contributed by atoms with Crippen LogP contribution >= 0.6 is 0 Å². The summed E-state index contributed by atoms with van der Waals surface area (Å²) in [5.74, 6) is 0. The number of nitrogens with zero attached hydrogens (tertiary/aromatic N) is 3. The van der Waals surface area contributed by atoms with Crippen LogP contribution in [0.1, 0.15) is 20.8 Å². The fourth-order valence-electron chi connectivity index (χ4n) is 0.763. The molecule has 0 aliphatic carbocycles. The molecule has 0 aliphatic heterocycles. The molecule has 84 valence electrons. The highest BCUT2D eigenvalue weighted by Crippen LogP contribution is 2.06. The lowest BCUT2D eigenvalue weighted by Gasteiger charge is -2.21. The predicted molar refractivity (Wildman–Crippen MR) is 57.4 cm³/mol. The van der Waals surface area contributed by atoms with Gasteiger partial charge in [0, 0.05) is 11.5 Å². The van der Waals surface area contributed by atoms with Crippen LogP contribution < -0.4 is 5.32 Å². The second-order valence-electron chi connectivity index (χ2n) is 3.90. The minimum Gasteiger partial charge on any atom is -0.444 e. The number of rotatable bonds is 4. The first-order chi connectivity index (χ1) is 6.89. The molecule has 0 saturated heterocycles. The largest absolute Gasteiger partial charge is 0.444 e. The van der Waals surface area contributed by atoms with Gasteiger partial charge in [0.1, 0.15) is 5.60 Å². The normalized spacial score (nSPS) is 12.2. The molecule has 6 nitrogen and oxygen atoms in total. The van der Waals surface area contributed by atoms with E-state index in [-0.39, 0.29) is 6.54 Å². The van der Waals surface area contributed by atoms with Crippen molar-refractivity contribution in [3.05, 3.63) is 23.1 Å². The highest BCUT2D eigenvalue weighted by molar-refractivity contribution is 5.68. The van der Waals surface area contributed by atoms with Crippen molar-refractivity contribution in [2.24, 2.45) is 5.11 Å². The van der Waals surface area contributed by atoms with E-state index in [0.717, 1.165) is 0 Å². The summed E-state index contributed by atoms with van der Waals surface area (Å²) in [6, 6.07) is -0.407. The smallest absolute Gasteiger partial charge is 0.408 e. The SMILES string of the molecule is C=C[C@@H](CN=[N+]=[N-])NC(=O)OC(C)(C)C. The van der Waals surface area contributed by atoms with Crippen molar-refractivity contribution in [2.75, 3.05) is 6.54 Å². The Morgan fingerprint density at radius 3 is 2.73 bits per heavy atom. The van der Waals surface area contributed by atoms with Gasteiger partial charge in [0.05, 0.1) is 6.04 Å². The molecule has 1 atom stereocenters. The molecule has 0 radical (unpaired) electrons. The molecule has 0 saturated carbocycles. The van der Waals surface area contributed by atoms with Gasteiger partial charge in [-0.1, -0.05) is 11.2 Å². The maximum absolute atomic E-state index is 11.3. The van der Waals surface area contributed by atoms with Crippen LogP contribution in [0.3, 0.4) is 0 Å². The van der Waals surface area contributed by atoms with E-state index in [9.17, 15) is 4.79 Å². The number of carbonyl (C=O) groups is 1. The van der Waals surface area contributed by atoms with E-state index >= 15 is 0 Å². The Morgan fingerprint density at radius 2 is 2.33 bits per heavy atom. The molecule has 15 heavy (non-hydrogen) atoms. The molecule has 0 fully saturated rings. The van der Waals surface area contributed by atoms with Crippen LogP contribution in [0.2, 0.25) is 0 Å². The van der Waals surface area contributed by atoms with Gasteiger partial charge in [-0.2, -0.15) is 0 Å². The molecular formula is C9H16N4O2. The van der Waals surface area contributed by atoms with Gasteiger partial charge in [0.2, 0.25) is 0 Å². The van der Waals surface area contributed by atoms with Crippen LogP contribution in [0.25, 0.3) is 10.4 Å². The average molecular weight is 212 g/mol. The summed E-state index contributed by atoms with van der Waals surface area (Å²) in [7, 11) is 0. The summed E-state index contributed by atoms with van der Waals surface area (Å²) < 4.78 is 5.02. The molecule has 6 heteroatoms. The van der Waals surface area contributed by atoms with Crippen molar-refractivity contribution >= 4 is 6.09 Å². The third kappa shape index (κ3) is 7.40. The van der Waals surface area contributed by atoms with E-state index in [4.69, 9.17) is 10.3 Å². The first-order valence-corrected chi connectivity index (χ1v) is 4.52. The van der Waals surface area contributed by atoms with Crippen molar-refractivity contribution < 1.29 is 9.53 Å². The predicted octanol–water partition coefficient (Wildman–Crippen LogP) is 2.38. The Balaban J connectivity index is 4.12. The van der Waals surface area contributed by atoms with Gasteiger partial charge in [0.15, 0.2) is 0 Å². The fourth-order valence-corrected chi connectivity index (χ4v) is 0.763. The molecule has 0 rings (SSSR count). The molecule has 0 aromatic carbocycles. The van der Waals surface area contributed by atoms with E-state index in [1.807, 2.05) is 0 Å². The molecule has 0 heterocycles. The van der Waals surface area contributed by atoms with Crippen LogP contribution in [-0.4, -0.2) is 24.3 Å². The van der Waals surface area contributed by atoms with E-state index in [0.29, 0.717) is 0 Å². The zero-order chi connectivity index (χ0) is 11.9. The van der Waals surface area contributed by atoms with E-state index in [1.54, 1.807) is 20.8 Å². The Hall–Kier alpha value is -1.68. The lowest BCUT2D eigenvalue weighted by atomic mass is 10.2. The summed E-state index contributed by atoms with van der Waals surface area (Å²) >= 11 is 0. The first-order valence-electron chi connectivity index (χ1n) is 4.52. The van der Waals surface area contributed by atoms with Crippen molar-refractivity contribution in [1.82, 2.24) is 5.32 Å². The highest BCUT2D eigenvalue weighted by Gasteiger charge is 2.17. The van der Waals surface area contributed by atoms with Crippen molar-refractivity contribution in [2.45, 2.75) is 32.4 Å². The van der Waals surface area contributed by atoms with Gasteiger partial charge in [-0.15, -0.1) is 6.58 Å². The second kappa shape index (κ2) is 5.93. The van der Waals surface area contributed by atoms with Gasteiger partial charge in [0.25, 0.3) is 0 Å². The van der Waals surface area contributed by atoms with Gasteiger partial charge in [-0.05, 0) is 26.3 Å². The number of azide groups is 1. The third-order valence-electron chi connectivity index (χ3n) is 1.33. The number of hydrogen-bond acceptors (Lipinski definition) is 3. The van der Waals surface area contributed by atoms with E-state index < -0.39 is 17.7 Å². The maximum Gasteiger partial charge on any atom is 0.408 e. The second-order valence-corrected chi connectivity index (χ2v) is 3.90. The number of alkyl carbamates (subject to hydrolysis) is 1. The lowest BCUT2D eigenvalue weighted by molar-refractivity contribution is 0.0516. The minimum atomic E-state index is -0.555. The van der Waals surface area contributed by atoms with Gasteiger partial charge in [-0.3, -0.25) is 0 Å². The number of ether oxygens (including phenoxy) is 1. The van der Waals surface area contributed by atoms with Crippen molar-refractivity contribution in [3.8, 4) is 0 Å². The summed E-state index contributed by atoms with van der Waals surface area (Å²) in [5, 5.41) is 5.85. The molecule has 0 spiro atoms. The Morgan fingerprint density at radius 1 is 1.73 bits per heavy atom. The van der Waals surface area contributed by atoms with Gasteiger partial charge in [-0.25, -0.2) is 4.79 Å². The van der Waals surface area contributed by atoms with Gasteiger partial charge >= 0.3 is 6.09 Å². The number of nitrogens with one attached hydrogen (secondary N) is 1. The molecular weight excluding hydrogens is 196 g/mol. The first kappa shape index (κ1) is 13.3. The van der Waals surface area contributed by atoms with Crippen molar-refractivity contribution in [3.63, 3.8) is 0 Å². The Labute approximate surface area is 88.9 Å². The number of amides is 1. The molecule has 0 aromatic heterocycles. The maximum atomic E-state index is 11.3. The van der Waals surface area contributed by atoms with Crippen LogP contribution in [0, 0.1) is 0 Å². The Kier molecular flexibility index (Phi) is 5.26. The fraction of sp³-hybridized carbons (Fsp3) is 0.667. The molecule has 0 aliphatic rings. The summed E-state index contributed by atoms with van der Waals surface area (Å²) in [5.41, 5.74) is 7.56. The zero-order valence-electron chi connectivity index (χ0n) is 9.23. The van der Waals surface area contributed by atoms with E-state index in [2.05, 4.69) is 21.9 Å². The van der Waals surface area contributed by atoms with Gasteiger partial charge < -0.3 is 10.1 Å². The third-order valence-corrected chi connectivity index (χ3v) is 1.33. The molecule has 1 amide bonds. The average Bonchev–Trinajstić information content (AvgIpc) is 2.09. The molecule has 1 N–H and O–H groups in total.